The predicted molar refractivity (Wildman–Crippen MR) is 133 cm³/mol. The van der Waals surface area contributed by atoms with Crippen LogP contribution in [-0.4, -0.2) is 42.2 Å². The molecular formula is C26H29N5O3. The van der Waals surface area contributed by atoms with E-state index in [-0.39, 0.29) is 17.7 Å². The van der Waals surface area contributed by atoms with Gasteiger partial charge in [-0.1, -0.05) is 24.3 Å². The minimum atomic E-state index is -0.208. The van der Waals surface area contributed by atoms with Crippen LogP contribution < -0.4 is 20.3 Å². The molecule has 3 aromatic rings. The SMILES string of the molecule is COc1ccc(NC(C)=O)cc1NC(=O)C1CCCN(c2ccc(-c3ccccc3C)nn2)C1. The molecule has 1 unspecified atom stereocenters. The molecule has 0 aliphatic carbocycles. The number of carbonyl (C=O) groups is 2. The molecule has 0 spiro atoms. The van der Waals surface area contributed by atoms with Crippen LogP contribution in [0.25, 0.3) is 11.3 Å². The molecule has 1 aliphatic heterocycles. The number of nitrogens with one attached hydrogen (secondary N) is 2. The van der Waals surface area contributed by atoms with E-state index in [9.17, 15) is 9.59 Å². The number of methoxy groups -OCH3 is 1. The van der Waals surface area contributed by atoms with Gasteiger partial charge in [0.1, 0.15) is 5.75 Å². The highest BCUT2D eigenvalue weighted by Crippen LogP contribution is 2.30. The van der Waals surface area contributed by atoms with Crippen LogP contribution in [-0.2, 0) is 9.59 Å². The lowest BCUT2D eigenvalue weighted by molar-refractivity contribution is -0.120. The molecule has 1 atom stereocenters. The highest BCUT2D eigenvalue weighted by molar-refractivity contribution is 5.96. The molecule has 2 amide bonds. The number of amides is 2. The van der Waals surface area contributed by atoms with Crippen LogP contribution in [0.3, 0.4) is 0 Å². The first-order chi connectivity index (χ1) is 16.4. The van der Waals surface area contributed by atoms with Crippen molar-refractivity contribution in [2.45, 2.75) is 26.7 Å². The van der Waals surface area contributed by atoms with Crippen LogP contribution in [0.15, 0.2) is 54.6 Å². The zero-order valence-corrected chi connectivity index (χ0v) is 19.7. The highest BCUT2D eigenvalue weighted by Gasteiger charge is 2.27. The second-order valence-electron chi connectivity index (χ2n) is 8.46. The summed E-state index contributed by atoms with van der Waals surface area (Å²) in [5, 5.41) is 14.6. The summed E-state index contributed by atoms with van der Waals surface area (Å²) < 4.78 is 5.38. The fraction of sp³-hybridized carbons (Fsp3) is 0.308. The number of rotatable bonds is 6. The van der Waals surface area contributed by atoms with Crippen LogP contribution >= 0.6 is 0 Å². The third-order valence-corrected chi connectivity index (χ3v) is 5.97. The first-order valence-electron chi connectivity index (χ1n) is 11.4. The molecule has 2 aromatic carbocycles. The van der Waals surface area contributed by atoms with E-state index >= 15 is 0 Å². The van der Waals surface area contributed by atoms with Crippen molar-refractivity contribution in [2.75, 3.05) is 35.7 Å². The summed E-state index contributed by atoms with van der Waals surface area (Å²) in [5.74, 6) is 0.820. The molecule has 2 heterocycles. The van der Waals surface area contributed by atoms with Gasteiger partial charge >= 0.3 is 0 Å². The Hall–Kier alpha value is -3.94. The summed E-state index contributed by atoms with van der Waals surface area (Å²) >= 11 is 0. The van der Waals surface area contributed by atoms with Crippen molar-refractivity contribution in [1.82, 2.24) is 10.2 Å². The number of anilines is 3. The predicted octanol–water partition coefficient (Wildman–Crippen LogP) is 4.27. The number of hydrogen-bond acceptors (Lipinski definition) is 6. The zero-order chi connectivity index (χ0) is 24.1. The molecule has 2 N–H and O–H groups in total. The Kier molecular flexibility index (Phi) is 7.06. The van der Waals surface area contributed by atoms with E-state index in [0.717, 1.165) is 42.0 Å². The Bertz CT molecular complexity index is 1180. The van der Waals surface area contributed by atoms with E-state index in [0.29, 0.717) is 23.7 Å². The molecule has 0 radical (unpaired) electrons. The fourth-order valence-corrected chi connectivity index (χ4v) is 4.22. The molecule has 8 nitrogen and oxygen atoms in total. The molecule has 1 aromatic heterocycles. The average molecular weight is 460 g/mol. The minimum absolute atomic E-state index is 0.0903. The van der Waals surface area contributed by atoms with Gasteiger partial charge in [-0.15, -0.1) is 10.2 Å². The Morgan fingerprint density at radius 3 is 2.59 bits per heavy atom. The second kappa shape index (κ2) is 10.3. The highest BCUT2D eigenvalue weighted by atomic mass is 16.5. The molecular weight excluding hydrogens is 430 g/mol. The lowest BCUT2D eigenvalue weighted by atomic mass is 9.97. The van der Waals surface area contributed by atoms with Gasteiger partial charge in [-0.2, -0.15) is 0 Å². The normalized spacial score (nSPS) is 15.5. The number of carbonyl (C=O) groups excluding carboxylic acids is 2. The van der Waals surface area contributed by atoms with E-state index in [1.165, 1.54) is 6.92 Å². The van der Waals surface area contributed by atoms with E-state index in [2.05, 4.69) is 38.7 Å². The van der Waals surface area contributed by atoms with Crippen molar-refractivity contribution in [3.05, 3.63) is 60.2 Å². The Labute approximate surface area is 199 Å². The van der Waals surface area contributed by atoms with Crippen molar-refractivity contribution < 1.29 is 14.3 Å². The van der Waals surface area contributed by atoms with E-state index in [1.54, 1.807) is 25.3 Å². The van der Waals surface area contributed by atoms with E-state index in [1.807, 2.05) is 30.3 Å². The van der Waals surface area contributed by atoms with Gasteiger partial charge in [0.05, 0.1) is 24.4 Å². The molecule has 8 heteroatoms. The largest absolute Gasteiger partial charge is 0.495 e. The topological polar surface area (TPSA) is 96.5 Å². The van der Waals surface area contributed by atoms with Gasteiger partial charge in [0.15, 0.2) is 5.82 Å². The first-order valence-corrected chi connectivity index (χ1v) is 11.4. The average Bonchev–Trinajstić information content (AvgIpc) is 2.84. The van der Waals surface area contributed by atoms with Gasteiger partial charge in [-0.05, 0) is 55.7 Å². The number of aryl methyl sites for hydroxylation is 1. The van der Waals surface area contributed by atoms with Crippen LogP contribution in [0.2, 0.25) is 0 Å². The molecule has 4 rings (SSSR count). The maximum absolute atomic E-state index is 13.1. The lowest BCUT2D eigenvalue weighted by Gasteiger charge is -2.32. The lowest BCUT2D eigenvalue weighted by Crippen LogP contribution is -2.41. The molecule has 1 fully saturated rings. The van der Waals surface area contributed by atoms with Crippen molar-refractivity contribution in [3.63, 3.8) is 0 Å². The number of hydrogen-bond donors (Lipinski definition) is 2. The van der Waals surface area contributed by atoms with Gasteiger partial charge in [-0.25, -0.2) is 0 Å². The third kappa shape index (κ3) is 5.33. The standard InChI is InChI=1S/C26H29N5O3/c1-17-7-4-5-9-21(17)22-11-13-25(30-29-22)31-14-6-8-19(16-31)26(33)28-23-15-20(27-18(2)32)10-12-24(23)34-3/h4-5,7,9-13,15,19H,6,8,14,16H2,1-3H3,(H,27,32)(H,28,33). The number of nitrogens with zero attached hydrogens (tertiary/aromatic N) is 3. The Morgan fingerprint density at radius 2 is 1.88 bits per heavy atom. The monoisotopic (exact) mass is 459 g/mol. The van der Waals surface area contributed by atoms with Crippen LogP contribution in [0, 0.1) is 12.8 Å². The molecule has 1 saturated heterocycles. The van der Waals surface area contributed by atoms with Crippen molar-refractivity contribution in [1.29, 1.82) is 0 Å². The van der Waals surface area contributed by atoms with Crippen molar-refractivity contribution in [2.24, 2.45) is 5.92 Å². The molecule has 0 bridgehead atoms. The zero-order valence-electron chi connectivity index (χ0n) is 19.7. The van der Waals surface area contributed by atoms with Gasteiger partial charge in [0, 0.05) is 31.3 Å². The van der Waals surface area contributed by atoms with Gasteiger partial charge in [0.2, 0.25) is 11.8 Å². The summed E-state index contributed by atoms with van der Waals surface area (Å²) in [4.78, 5) is 26.6. The quantitative estimate of drug-likeness (QED) is 0.571. The summed E-state index contributed by atoms with van der Waals surface area (Å²) in [5.41, 5.74) is 4.17. The van der Waals surface area contributed by atoms with Crippen LogP contribution in [0.4, 0.5) is 17.2 Å². The van der Waals surface area contributed by atoms with Crippen LogP contribution in [0.1, 0.15) is 25.3 Å². The maximum atomic E-state index is 13.1. The van der Waals surface area contributed by atoms with Gasteiger partial charge in [-0.3, -0.25) is 9.59 Å². The summed E-state index contributed by atoms with van der Waals surface area (Å²) in [6, 6.07) is 17.2. The molecule has 1 aliphatic rings. The smallest absolute Gasteiger partial charge is 0.229 e. The Balaban J connectivity index is 1.45. The van der Waals surface area contributed by atoms with Crippen molar-refractivity contribution >= 4 is 29.0 Å². The molecule has 176 valence electrons. The third-order valence-electron chi connectivity index (χ3n) is 5.97. The van der Waals surface area contributed by atoms with E-state index in [4.69, 9.17) is 4.74 Å². The number of piperidine rings is 1. The van der Waals surface area contributed by atoms with Gasteiger partial charge in [0.25, 0.3) is 0 Å². The maximum Gasteiger partial charge on any atom is 0.229 e. The summed E-state index contributed by atoms with van der Waals surface area (Å²) in [7, 11) is 1.55. The summed E-state index contributed by atoms with van der Waals surface area (Å²) in [6.07, 6.45) is 1.66. The molecule has 0 saturated carbocycles. The van der Waals surface area contributed by atoms with E-state index < -0.39 is 0 Å². The molecule has 34 heavy (non-hydrogen) atoms. The van der Waals surface area contributed by atoms with Crippen LogP contribution in [0.5, 0.6) is 5.75 Å². The Morgan fingerprint density at radius 1 is 1.06 bits per heavy atom. The van der Waals surface area contributed by atoms with Gasteiger partial charge < -0.3 is 20.3 Å². The van der Waals surface area contributed by atoms with Crippen molar-refractivity contribution in [3.8, 4) is 17.0 Å². The number of ether oxygens (including phenoxy) is 1. The minimum Gasteiger partial charge on any atom is -0.495 e. The number of benzene rings is 2. The summed E-state index contributed by atoms with van der Waals surface area (Å²) in [6.45, 7) is 4.87. The fourth-order valence-electron chi connectivity index (χ4n) is 4.22. The second-order valence-corrected chi connectivity index (χ2v) is 8.46. The number of aromatic nitrogens is 2. The first kappa shape index (κ1) is 23.2.